The minimum Gasteiger partial charge on any atom is -0.461 e. The van der Waals surface area contributed by atoms with E-state index < -0.39 is 0 Å². The molecular formula is C17H16INO. The molecule has 2 aromatic carbocycles. The van der Waals surface area contributed by atoms with E-state index in [1.54, 1.807) is 0 Å². The zero-order chi connectivity index (χ0) is 14.1. The fourth-order valence-electron chi connectivity index (χ4n) is 2.56. The predicted octanol–water partition coefficient (Wildman–Crippen LogP) is 4.65. The van der Waals surface area contributed by atoms with Crippen molar-refractivity contribution in [2.75, 3.05) is 0 Å². The fourth-order valence-corrected chi connectivity index (χ4v) is 2.92. The Morgan fingerprint density at radius 1 is 1.10 bits per heavy atom. The third kappa shape index (κ3) is 2.36. The highest BCUT2D eigenvalue weighted by molar-refractivity contribution is 14.1. The van der Waals surface area contributed by atoms with E-state index in [1.165, 1.54) is 3.57 Å². The molecule has 102 valence electrons. The second-order valence-corrected chi connectivity index (χ2v) is 6.06. The van der Waals surface area contributed by atoms with E-state index in [2.05, 4.69) is 59.8 Å². The Bertz CT molecular complexity index is 730. The number of halogens is 1. The van der Waals surface area contributed by atoms with Crippen molar-refractivity contribution in [1.82, 2.24) is 0 Å². The van der Waals surface area contributed by atoms with E-state index in [1.807, 2.05) is 18.2 Å². The van der Waals surface area contributed by atoms with Crippen LogP contribution in [0.5, 0.6) is 0 Å². The molecule has 2 N–H and O–H groups in total. The number of aryl methyl sites for hydroxylation is 1. The molecule has 20 heavy (non-hydrogen) atoms. The molecule has 1 atom stereocenters. The van der Waals surface area contributed by atoms with Crippen molar-refractivity contribution in [1.29, 1.82) is 0 Å². The van der Waals surface area contributed by atoms with Crippen molar-refractivity contribution in [3.63, 3.8) is 0 Å². The predicted molar refractivity (Wildman–Crippen MR) is 90.8 cm³/mol. The summed E-state index contributed by atoms with van der Waals surface area (Å²) >= 11 is 2.30. The van der Waals surface area contributed by atoms with Gasteiger partial charge in [-0.25, -0.2) is 0 Å². The van der Waals surface area contributed by atoms with Crippen molar-refractivity contribution in [2.45, 2.75) is 19.4 Å². The lowest BCUT2D eigenvalue weighted by Gasteiger charge is -2.13. The summed E-state index contributed by atoms with van der Waals surface area (Å²) in [6, 6.07) is 16.3. The van der Waals surface area contributed by atoms with E-state index in [4.69, 9.17) is 10.2 Å². The number of fused-ring (bicyclic) bond motifs is 1. The lowest BCUT2D eigenvalue weighted by Crippen LogP contribution is -2.13. The molecule has 1 aromatic heterocycles. The van der Waals surface area contributed by atoms with E-state index in [-0.39, 0.29) is 6.04 Å². The van der Waals surface area contributed by atoms with Gasteiger partial charge in [-0.3, -0.25) is 0 Å². The maximum Gasteiger partial charge on any atom is 0.134 e. The molecule has 0 spiro atoms. The number of para-hydroxylation sites is 1. The van der Waals surface area contributed by atoms with Crippen LogP contribution in [-0.4, -0.2) is 0 Å². The highest BCUT2D eigenvalue weighted by atomic mass is 127. The summed E-state index contributed by atoms with van der Waals surface area (Å²) < 4.78 is 7.15. The van der Waals surface area contributed by atoms with E-state index in [0.29, 0.717) is 0 Å². The molecule has 1 heterocycles. The van der Waals surface area contributed by atoms with Gasteiger partial charge in [-0.05, 0) is 46.4 Å². The van der Waals surface area contributed by atoms with E-state index in [9.17, 15) is 0 Å². The van der Waals surface area contributed by atoms with Gasteiger partial charge in [0.05, 0.1) is 6.04 Å². The van der Waals surface area contributed by atoms with Crippen LogP contribution in [0.1, 0.15) is 29.9 Å². The van der Waals surface area contributed by atoms with Crippen LogP contribution in [0.25, 0.3) is 11.0 Å². The summed E-state index contributed by atoms with van der Waals surface area (Å²) in [5, 5.41) is 1.12. The van der Waals surface area contributed by atoms with Gasteiger partial charge >= 0.3 is 0 Å². The van der Waals surface area contributed by atoms with Crippen LogP contribution in [-0.2, 0) is 6.42 Å². The summed E-state index contributed by atoms with van der Waals surface area (Å²) in [4.78, 5) is 0. The first-order valence-corrected chi connectivity index (χ1v) is 7.80. The van der Waals surface area contributed by atoms with Gasteiger partial charge in [0.25, 0.3) is 0 Å². The van der Waals surface area contributed by atoms with Gasteiger partial charge < -0.3 is 10.2 Å². The molecule has 0 aliphatic rings. The van der Waals surface area contributed by atoms with Crippen LogP contribution >= 0.6 is 22.6 Å². The molecule has 0 aliphatic carbocycles. The Hall–Kier alpha value is -1.33. The number of furan rings is 1. The summed E-state index contributed by atoms with van der Waals surface area (Å²) in [6.45, 7) is 2.10. The van der Waals surface area contributed by atoms with Crippen molar-refractivity contribution in [3.8, 4) is 0 Å². The van der Waals surface area contributed by atoms with Crippen LogP contribution in [0.4, 0.5) is 0 Å². The van der Waals surface area contributed by atoms with Crippen LogP contribution < -0.4 is 5.73 Å². The molecule has 0 aliphatic heterocycles. The highest BCUT2D eigenvalue weighted by Crippen LogP contribution is 2.33. The third-order valence-corrected chi connectivity index (χ3v) is 4.29. The van der Waals surface area contributed by atoms with Gasteiger partial charge in [-0.1, -0.05) is 37.3 Å². The molecule has 0 amide bonds. The molecule has 0 fully saturated rings. The molecule has 3 aromatic rings. The molecular weight excluding hydrogens is 361 g/mol. The summed E-state index contributed by atoms with van der Waals surface area (Å²) in [7, 11) is 0. The molecule has 3 heteroatoms. The van der Waals surface area contributed by atoms with Gasteiger partial charge in [0.1, 0.15) is 11.3 Å². The Morgan fingerprint density at radius 2 is 1.80 bits per heavy atom. The Balaban J connectivity index is 2.15. The minimum atomic E-state index is -0.148. The fraction of sp³-hybridized carbons (Fsp3) is 0.176. The zero-order valence-electron chi connectivity index (χ0n) is 11.3. The monoisotopic (exact) mass is 377 g/mol. The average Bonchev–Trinajstić information content (AvgIpc) is 2.85. The smallest absolute Gasteiger partial charge is 0.134 e. The maximum absolute atomic E-state index is 6.49. The van der Waals surface area contributed by atoms with Crippen LogP contribution in [0.2, 0.25) is 0 Å². The van der Waals surface area contributed by atoms with Crippen molar-refractivity contribution < 1.29 is 4.42 Å². The van der Waals surface area contributed by atoms with Gasteiger partial charge in [0, 0.05) is 20.9 Å². The van der Waals surface area contributed by atoms with Gasteiger partial charge in [-0.2, -0.15) is 0 Å². The van der Waals surface area contributed by atoms with Gasteiger partial charge in [-0.15, -0.1) is 0 Å². The third-order valence-electron chi connectivity index (χ3n) is 3.57. The highest BCUT2D eigenvalue weighted by Gasteiger charge is 2.19. The molecule has 0 saturated carbocycles. The number of rotatable bonds is 3. The summed E-state index contributed by atoms with van der Waals surface area (Å²) in [5.74, 6) is 0.984. The standard InChI is InChI=1S/C17H16INO/c1-2-14-16(13-5-3-4-6-15(13)20-14)17(19)11-7-9-12(18)10-8-11/h3-10,17H,2,19H2,1H3. The molecule has 1 unspecified atom stereocenters. The number of hydrogen-bond donors (Lipinski definition) is 1. The molecule has 2 nitrogen and oxygen atoms in total. The van der Waals surface area contributed by atoms with Crippen LogP contribution in [0.3, 0.4) is 0 Å². The summed E-state index contributed by atoms with van der Waals surface area (Å²) in [5.41, 5.74) is 9.64. The average molecular weight is 377 g/mol. The van der Waals surface area contributed by atoms with E-state index in [0.717, 1.165) is 34.3 Å². The van der Waals surface area contributed by atoms with Crippen molar-refractivity contribution in [2.24, 2.45) is 5.73 Å². The first-order chi connectivity index (χ1) is 9.70. The lowest BCUT2D eigenvalue weighted by atomic mass is 9.96. The zero-order valence-corrected chi connectivity index (χ0v) is 13.4. The van der Waals surface area contributed by atoms with E-state index >= 15 is 0 Å². The normalized spacial score (nSPS) is 12.8. The number of hydrogen-bond acceptors (Lipinski definition) is 2. The topological polar surface area (TPSA) is 39.2 Å². The summed E-state index contributed by atoms with van der Waals surface area (Å²) in [6.07, 6.45) is 0.849. The van der Waals surface area contributed by atoms with Crippen LogP contribution in [0.15, 0.2) is 52.9 Å². The quantitative estimate of drug-likeness (QED) is 0.675. The Labute approximate surface area is 132 Å². The SMILES string of the molecule is CCc1oc2ccccc2c1C(N)c1ccc(I)cc1. The van der Waals surface area contributed by atoms with Gasteiger partial charge in [0.15, 0.2) is 0 Å². The molecule has 3 rings (SSSR count). The maximum atomic E-state index is 6.49. The molecule has 0 radical (unpaired) electrons. The van der Waals surface area contributed by atoms with Crippen LogP contribution in [0, 0.1) is 3.57 Å². The first kappa shape index (κ1) is 13.6. The second-order valence-electron chi connectivity index (χ2n) is 4.82. The Morgan fingerprint density at radius 3 is 2.50 bits per heavy atom. The van der Waals surface area contributed by atoms with Crippen molar-refractivity contribution >= 4 is 33.6 Å². The minimum absolute atomic E-state index is 0.148. The second kappa shape index (κ2) is 5.58. The molecule has 0 saturated heterocycles. The van der Waals surface area contributed by atoms with Crippen molar-refractivity contribution in [3.05, 3.63) is 69.0 Å². The van der Waals surface area contributed by atoms with Gasteiger partial charge in [0.2, 0.25) is 0 Å². The molecule has 0 bridgehead atoms. The first-order valence-electron chi connectivity index (χ1n) is 6.72. The number of nitrogens with two attached hydrogens (primary N) is 1. The number of benzene rings is 2. The largest absolute Gasteiger partial charge is 0.461 e. The lowest BCUT2D eigenvalue weighted by molar-refractivity contribution is 0.546. The Kier molecular flexibility index (Phi) is 3.81.